The molecule has 7 rings (SSSR count). The Hall–Kier alpha value is -4.18. The van der Waals surface area contributed by atoms with Gasteiger partial charge in [0.2, 0.25) is 5.69 Å². The van der Waals surface area contributed by atoms with E-state index in [1.807, 2.05) is 18.2 Å². The van der Waals surface area contributed by atoms with Gasteiger partial charge in [0.15, 0.2) is 6.20 Å². The zero-order chi connectivity index (χ0) is 26.3. The van der Waals surface area contributed by atoms with Gasteiger partial charge in [-0.1, -0.05) is 32.0 Å². The summed E-state index contributed by atoms with van der Waals surface area (Å²) in [4.78, 5) is 0. The van der Waals surface area contributed by atoms with Gasteiger partial charge in [0.1, 0.15) is 35.2 Å². The van der Waals surface area contributed by atoms with Crippen LogP contribution in [0.2, 0.25) is 0 Å². The van der Waals surface area contributed by atoms with Gasteiger partial charge in [0.25, 0.3) is 0 Å². The van der Waals surface area contributed by atoms with E-state index >= 15 is 0 Å². The van der Waals surface area contributed by atoms with Crippen molar-refractivity contribution in [3.63, 3.8) is 0 Å². The summed E-state index contributed by atoms with van der Waals surface area (Å²) in [5, 5.41) is 6.46. The van der Waals surface area contributed by atoms with Crippen LogP contribution in [-0.4, -0.2) is 0 Å². The normalized spacial score (nSPS) is 12.3. The third-order valence-corrected chi connectivity index (χ3v) is 7.94. The highest BCUT2D eigenvalue weighted by Crippen LogP contribution is 2.43. The van der Waals surface area contributed by atoms with Crippen LogP contribution in [0.4, 0.5) is 4.39 Å². The first kappa shape index (κ1) is 23.0. The Morgan fingerprint density at radius 3 is 2.32 bits per heavy atom. The number of hydrogen-bond acceptors (Lipinski definition) is 2. The molecule has 38 heavy (non-hydrogen) atoms. The SMILES string of the molecule is Cc1cc2c(oc3cc(F)ccc32)c(-c2c3ccc4c5ccccc5oc4c3c(CC(C)C)c[n+]2C)c1C. The minimum atomic E-state index is -0.298. The number of aryl methyl sites for hydroxylation is 2. The van der Waals surface area contributed by atoms with Crippen molar-refractivity contribution in [3.05, 3.63) is 89.4 Å². The third kappa shape index (κ3) is 3.22. The number of rotatable bonds is 3. The van der Waals surface area contributed by atoms with Crippen molar-refractivity contribution in [1.82, 2.24) is 0 Å². The van der Waals surface area contributed by atoms with Crippen LogP contribution >= 0.6 is 0 Å². The predicted molar refractivity (Wildman–Crippen MR) is 153 cm³/mol. The Morgan fingerprint density at radius 2 is 1.50 bits per heavy atom. The largest absolute Gasteiger partial charge is 0.455 e. The number of halogens is 1. The van der Waals surface area contributed by atoms with E-state index in [0.29, 0.717) is 11.5 Å². The predicted octanol–water partition coefficient (Wildman–Crippen LogP) is 9.08. The molecule has 0 aliphatic rings. The van der Waals surface area contributed by atoms with Crippen molar-refractivity contribution in [2.75, 3.05) is 0 Å². The molecule has 4 heteroatoms. The van der Waals surface area contributed by atoms with Crippen LogP contribution in [-0.2, 0) is 13.5 Å². The molecule has 0 bridgehead atoms. The fourth-order valence-corrected chi connectivity index (χ4v) is 6.16. The number of pyridine rings is 1. The van der Waals surface area contributed by atoms with Crippen LogP contribution in [0.15, 0.2) is 75.7 Å². The molecule has 0 fully saturated rings. The lowest BCUT2D eigenvalue weighted by molar-refractivity contribution is -0.659. The smallest absolute Gasteiger partial charge is 0.224 e. The van der Waals surface area contributed by atoms with Crippen LogP contribution in [0, 0.1) is 25.6 Å². The summed E-state index contributed by atoms with van der Waals surface area (Å²) in [6.07, 6.45) is 3.19. The Labute approximate surface area is 220 Å². The van der Waals surface area contributed by atoms with Crippen LogP contribution in [0.1, 0.15) is 30.5 Å². The van der Waals surface area contributed by atoms with Gasteiger partial charge >= 0.3 is 0 Å². The highest BCUT2D eigenvalue weighted by molar-refractivity contribution is 6.19. The van der Waals surface area contributed by atoms with E-state index in [-0.39, 0.29) is 5.82 Å². The van der Waals surface area contributed by atoms with E-state index in [0.717, 1.165) is 72.3 Å². The summed E-state index contributed by atoms with van der Waals surface area (Å²) in [5.41, 5.74) is 8.86. The first-order chi connectivity index (χ1) is 18.3. The molecule has 0 saturated heterocycles. The average Bonchev–Trinajstić information content (AvgIpc) is 3.43. The van der Waals surface area contributed by atoms with Crippen molar-refractivity contribution in [1.29, 1.82) is 0 Å². The number of para-hydroxylation sites is 1. The Kier molecular flexibility index (Phi) is 4.93. The lowest BCUT2D eigenvalue weighted by atomic mass is 9.90. The van der Waals surface area contributed by atoms with E-state index in [9.17, 15) is 4.39 Å². The standard InChI is InChI=1S/C34H29FNO2/c1-18(2)14-21-17-36(5)32(26-13-12-25-23-8-6-7-9-28(23)37-33(25)31(21)26)30-20(4)19(3)15-27-24-11-10-22(35)16-29(24)38-34(27)30/h6-13,15-18H,14H2,1-5H3/q+1. The first-order valence-corrected chi connectivity index (χ1v) is 13.2. The molecular formula is C34H29FNO2+. The summed E-state index contributed by atoms with van der Waals surface area (Å²) < 4.78 is 29.3. The molecule has 7 aromatic rings. The van der Waals surface area contributed by atoms with Crippen molar-refractivity contribution >= 4 is 54.6 Å². The maximum Gasteiger partial charge on any atom is 0.224 e. The number of nitrogens with zero attached hydrogens (tertiary/aromatic N) is 1. The van der Waals surface area contributed by atoms with Gasteiger partial charge in [-0.05, 0) is 73.7 Å². The van der Waals surface area contributed by atoms with Crippen molar-refractivity contribution in [3.8, 4) is 11.3 Å². The number of furan rings is 2. The molecule has 0 N–H and O–H groups in total. The van der Waals surface area contributed by atoms with Crippen LogP contribution in [0.25, 0.3) is 65.9 Å². The van der Waals surface area contributed by atoms with Gasteiger partial charge in [-0.25, -0.2) is 8.96 Å². The highest BCUT2D eigenvalue weighted by Gasteiger charge is 2.28. The molecule has 0 aliphatic carbocycles. The lowest BCUT2D eigenvalue weighted by Crippen LogP contribution is -2.32. The summed E-state index contributed by atoms with van der Waals surface area (Å²) >= 11 is 0. The Bertz CT molecular complexity index is 2080. The number of hydrogen-bond donors (Lipinski definition) is 0. The van der Waals surface area contributed by atoms with Crippen LogP contribution in [0.5, 0.6) is 0 Å². The molecule has 188 valence electrons. The zero-order valence-electron chi connectivity index (χ0n) is 22.3. The summed E-state index contributed by atoms with van der Waals surface area (Å²) in [5.74, 6) is 0.189. The molecule has 0 spiro atoms. The van der Waals surface area contributed by atoms with Crippen LogP contribution < -0.4 is 4.57 Å². The van der Waals surface area contributed by atoms with Gasteiger partial charge in [0.05, 0.1) is 10.9 Å². The average molecular weight is 503 g/mol. The Morgan fingerprint density at radius 1 is 0.789 bits per heavy atom. The molecule has 0 amide bonds. The molecule has 0 atom stereocenters. The van der Waals surface area contributed by atoms with Crippen molar-refractivity contribution in [2.45, 2.75) is 34.1 Å². The molecule has 3 heterocycles. The lowest BCUT2D eigenvalue weighted by Gasteiger charge is -2.14. The maximum absolute atomic E-state index is 14.1. The number of benzene rings is 4. The molecule has 0 saturated carbocycles. The van der Waals surface area contributed by atoms with Gasteiger partial charge in [-0.3, -0.25) is 0 Å². The fraction of sp³-hybridized carbons (Fsp3) is 0.206. The van der Waals surface area contributed by atoms with E-state index in [4.69, 9.17) is 8.83 Å². The fourth-order valence-electron chi connectivity index (χ4n) is 6.16. The summed E-state index contributed by atoms with van der Waals surface area (Å²) in [7, 11) is 2.11. The minimum Gasteiger partial charge on any atom is -0.455 e. The second kappa shape index (κ2) is 8.16. The highest BCUT2D eigenvalue weighted by atomic mass is 19.1. The van der Waals surface area contributed by atoms with E-state index in [2.05, 4.69) is 75.8 Å². The monoisotopic (exact) mass is 502 g/mol. The topological polar surface area (TPSA) is 30.2 Å². The Balaban J connectivity index is 1.67. The van der Waals surface area contributed by atoms with E-state index in [1.54, 1.807) is 0 Å². The molecular weight excluding hydrogens is 473 g/mol. The van der Waals surface area contributed by atoms with Gasteiger partial charge < -0.3 is 8.83 Å². The minimum absolute atomic E-state index is 0.298. The van der Waals surface area contributed by atoms with Gasteiger partial charge in [-0.2, -0.15) is 0 Å². The van der Waals surface area contributed by atoms with E-state index in [1.165, 1.54) is 23.3 Å². The van der Waals surface area contributed by atoms with Gasteiger partial charge in [0, 0.05) is 38.6 Å². The number of aromatic nitrogens is 1. The van der Waals surface area contributed by atoms with Crippen LogP contribution in [0.3, 0.4) is 0 Å². The molecule has 4 aromatic carbocycles. The van der Waals surface area contributed by atoms with Gasteiger partial charge in [-0.15, -0.1) is 0 Å². The summed E-state index contributed by atoms with van der Waals surface area (Å²) in [6.45, 7) is 8.78. The van der Waals surface area contributed by atoms with Crippen molar-refractivity contribution in [2.24, 2.45) is 13.0 Å². The van der Waals surface area contributed by atoms with E-state index < -0.39 is 0 Å². The second-order valence-corrected chi connectivity index (χ2v) is 11.0. The molecule has 0 aliphatic heterocycles. The third-order valence-electron chi connectivity index (χ3n) is 7.94. The first-order valence-electron chi connectivity index (χ1n) is 13.2. The zero-order valence-corrected chi connectivity index (χ0v) is 22.3. The molecule has 3 aromatic heterocycles. The molecule has 3 nitrogen and oxygen atoms in total. The number of fused-ring (bicyclic) bond motifs is 8. The maximum atomic E-state index is 14.1. The second-order valence-electron chi connectivity index (χ2n) is 11.0. The molecule has 0 unspecified atom stereocenters. The molecule has 0 radical (unpaired) electrons. The van der Waals surface area contributed by atoms with Crippen molar-refractivity contribution < 1.29 is 17.8 Å². The quantitative estimate of drug-likeness (QED) is 0.226. The summed E-state index contributed by atoms with van der Waals surface area (Å²) in [6, 6.07) is 19.6.